The molecule has 0 rings (SSSR count). The Morgan fingerprint density at radius 1 is 1.64 bits per heavy atom. The summed E-state index contributed by atoms with van der Waals surface area (Å²) in [6.07, 6.45) is 0. The summed E-state index contributed by atoms with van der Waals surface area (Å²) in [4.78, 5) is 10.3. The molecule has 0 saturated carbocycles. The minimum Gasteiger partial charge on any atom is -1.00 e. The van der Waals surface area contributed by atoms with Crippen molar-refractivity contribution in [3.8, 4) is 0 Å². The average molecular weight is 192 g/mol. The summed E-state index contributed by atoms with van der Waals surface area (Å²) in [5.41, 5.74) is -0.0994. The molecule has 11 heavy (non-hydrogen) atoms. The first kappa shape index (κ1) is 13.5. The van der Waals surface area contributed by atoms with Crippen LogP contribution in [-0.4, -0.2) is 42.0 Å². The van der Waals surface area contributed by atoms with Gasteiger partial charge in [-0.15, -0.1) is 0 Å². The van der Waals surface area contributed by atoms with Crippen molar-refractivity contribution in [2.24, 2.45) is 0 Å². The van der Waals surface area contributed by atoms with E-state index in [1.807, 2.05) is 0 Å². The summed E-state index contributed by atoms with van der Waals surface area (Å²) in [5, 5.41) is 0. The molecule has 0 bridgehead atoms. The van der Waals surface area contributed by atoms with E-state index < -0.39 is 16.4 Å². The minimum absolute atomic E-state index is 0. The summed E-state index contributed by atoms with van der Waals surface area (Å²) < 4.78 is 31.0. The standard InChI is InChI=1S/C4H6O5S.Mg.2H/c1-3(2)4(5)9-10(6,7)8;;;/h1H2,2H3,(H,6,7,8);;;/q;+2;2*-1. The van der Waals surface area contributed by atoms with E-state index in [9.17, 15) is 13.2 Å². The fraction of sp³-hybridized carbons (Fsp3) is 0.250. The second-order valence-electron chi connectivity index (χ2n) is 1.58. The third kappa shape index (κ3) is 7.79. The Morgan fingerprint density at radius 2 is 2.00 bits per heavy atom. The van der Waals surface area contributed by atoms with Crippen LogP contribution in [0.4, 0.5) is 0 Å². The van der Waals surface area contributed by atoms with Crippen molar-refractivity contribution in [1.29, 1.82) is 0 Å². The molecule has 0 aromatic rings. The fourth-order valence-corrected chi connectivity index (χ4v) is 0.500. The van der Waals surface area contributed by atoms with E-state index in [1.165, 1.54) is 6.92 Å². The van der Waals surface area contributed by atoms with Crippen molar-refractivity contribution in [1.82, 2.24) is 0 Å². The van der Waals surface area contributed by atoms with E-state index in [0.29, 0.717) is 0 Å². The maximum Gasteiger partial charge on any atom is 2.00 e. The van der Waals surface area contributed by atoms with Gasteiger partial charge in [0.05, 0.1) is 0 Å². The summed E-state index contributed by atoms with van der Waals surface area (Å²) >= 11 is 0. The predicted molar refractivity (Wildman–Crippen MR) is 40.4 cm³/mol. The van der Waals surface area contributed by atoms with Crippen LogP contribution in [-0.2, 0) is 19.4 Å². The Hall–Kier alpha value is -0.114. The second kappa shape index (κ2) is 4.70. The summed E-state index contributed by atoms with van der Waals surface area (Å²) in [6, 6.07) is 0. The van der Waals surface area contributed by atoms with E-state index in [4.69, 9.17) is 4.55 Å². The van der Waals surface area contributed by atoms with Crippen LogP contribution in [0.3, 0.4) is 0 Å². The summed E-state index contributed by atoms with van der Waals surface area (Å²) in [6.45, 7) is 4.35. The molecule has 0 aromatic carbocycles. The average Bonchev–Trinajstić information content (AvgIpc) is 1.60. The summed E-state index contributed by atoms with van der Waals surface area (Å²) in [5.74, 6) is -1.16. The molecule has 0 atom stereocenters. The van der Waals surface area contributed by atoms with Gasteiger partial charge in [-0.3, -0.25) is 4.55 Å². The predicted octanol–water partition coefficient (Wildman–Crippen LogP) is -0.247. The zero-order chi connectivity index (χ0) is 8.36. The van der Waals surface area contributed by atoms with Crippen LogP contribution in [0.2, 0.25) is 0 Å². The monoisotopic (exact) mass is 192 g/mol. The molecule has 62 valence electrons. The molecule has 0 radical (unpaired) electrons. The molecule has 0 aliphatic heterocycles. The van der Waals surface area contributed by atoms with Gasteiger partial charge in [0.15, 0.2) is 0 Å². The normalized spacial score (nSPS) is 9.64. The molecule has 0 amide bonds. The van der Waals surface area contributed by atoms with Gasteiger partial charge in [0.1, 0.15) is 0 Å². The van der Waals surface area contributed by atoms with E-state index in [1.54, 1.807) is 0 Å². The number of hydrogen-bond acceptors (Lipinski definition) is 4. The Labute approximate surface area is 83.5 Å². The van der Waals surface area contributed by atoms with Crippen LogP contribution >= 0.6 is 0 Å². The first-order chi connectivity index (χ1) is 4.33. The molecule has 0 heterocycles. The molecule has 0 fully saturated rings. The van der Waals surface area contributed by atoms with Crippen LogP contribution in [0.25, 0.3) is 0 Å². The third-order valence-corrected chi connectivity index (χ3v) is 0.891. The third-order valence-electron chi connectivity index (χ3n) is 0.529. The van der Waals surface area contributed by atoms with Gasteiger partial charge in [0.2, 0.25) is 0 Å². The zero-order valence-corrected chi connectivity index (χ0v) is 8.13. The smallest absolute Gasteiger partial charge is 1.00 e. The topological polar surface area (TPSA) is 80.7 Å². The molecular formula is C4H8MgO5S. The fourth-order valence-electron chi connectivity index (χ4n) is 0.167. The van der Waals surface area contributed by atoms with Crippen molar-refractivity contribution in [3.63, 3.8) is 0 Å². The largest absolute Gasteiger partial charge is 2.00 e. The van der Waals surface area contributed by atoms with Crippen molar-refractivity contribution in [2.45, 2.75) is 6.92 Å². The molecule has 0 aromatic heterocycles. The Kier molecular flexibility index (Phi) is 5.76. The molecular weight excluding hydrogens is 184 g/mol. The van der Waals surface area contributed by atoms with E-state index in [-0.39, 0.29) is 31.5 Å². The van der Waals surface area contributed by atoms with Gasteiger partial charge in [-0.25, -0.2) is 4.79 Å². The quantitative estimate of drug-likeness (QED) is 0.371. The van der Waals surface area contributed by atoms with Crippen LogP contribution < -0.4 is 0 Å². The molecule has 1 N–H and O–H groups in total. The van der Waals surface area contributed by atoms with Gasteiger partial charge >= 0.3 is 39.4 Å². The Bertz CT molecular complexity index is 262. The van der Waals surface area contributed by atoms with E-state index in [2.05, 4.69) is 10.8 Å². The van der Waals surface area contributed by atoms with Crippen molar-refractivity contribution in [2.75, 3.05) is 0 Å². The first-order valence-electron chi connectivity index (χ1n) is 2.19. The van der Waals surface area contributed by atoms with Crippen molar-refractivity contribution >= 4 is 39.4 Å². The van der Waals surface area contributed by atoms with Gasteiger partial charge in [0, 0.05) is 5.57 Å². The number of rotatable bonds is 2. The molecule has 5 nitrogen and oxygen atoms in total. The Morgan fingerprint density at radius 3 is 2.09 bits per heavy atom. The van der Waals surface area contributed by atoms with Gasteiger partial charge in [-0.1, -0.05) is 6.58 Å². The number of hydrogen-bond donors (Lipinski definition) is 1. The summed E-state index contributed by atoms with van der Waals surface area (Å²) in [7, 11) is -4.68. The Balaban J connectivity index is -0.000000135. The van der Waals surface area contributed by atoms with Gasteiger partial charge < -0.3 is 7.04 Å². The van der Waals surface area contributed by atoms with Gasteiger partial charge in [0.25, 0.3) is 0 Å². The van der Waals surface area contributed by atoms with Crippen molar-refractivity contribution < 1.29 is 24.8 Å². The van der Waals surface area contributed by atoms with Gasteiger partial charge in [-0.2, -0.15) is 8.42 Å². The maximum absolute atomic E-state index is 10.3. The number of carbonyl (C=O) groups excluding carboxylic acids is 1. The van der Waals surface area contributed by atoms with Crippen LogP contribution in [0.1, 0.15) is 9.78 Å². The molecule has 0 aliphatic carbocycles. The SMILES string of the molecule is C=C(C)C(=O)OS(=O)(=O)O.[H-].[H-].[Mg+2]. The van der Waals surface area contributed by atoms with Crippen LogP contribution in [0, 0.1) is 0 Å². The van der Waals surface area contributed by atoms with Crippen LogP contribution in [0.5, 0.6) is 0 Å². The van der Waals surface area contributed by atoms with Gasteiger partial charge in [-0.05, 0) is 6.92 Å². The van der Waals surface area contributed by atoms with Crippen molar-refractivity contribution in [3.05, 3.63) is 12.2 Å². The van der Waals surface area contributed by atoms with E-state index in [0.717, 1.165) is 0 Å². The molecule has 0 saturated heterocycles. The zero-order valence-electron chi connectivity index (χ0n) is 7.90. The molecule has 0 aliphatic rings. The molecule has 0 unspecified atom stereocenters. The second-order valence-corrected chi connectivity index (χ2v) is 2.60. The molecule has 7 heteroatoms. The number of carbonyl (C=O) groups is 1. The van der Waals surface area contributed by atoms with E-state index >= 15 is 0 Å². The van der Waals surface area contributed by atoms with Crippen LogP contribution in [0.15, 0.2) is 12.2 Å². The first-order valence-corrected chi connectivity index (χ1v) is 3.56. The maximum atomic E-state index is 10.3. The minimum atomic E-state index is -4.68. The molecule has 0 spiro atoms.